The van der Waals surface area contributed by atoms with Gasteiger partial charge in [0.2, 0.25) is 0 Å². The molecule has 2 N–H and O–H groups in total. The normalized spacial score (nSPS) is 22.3. The van der Waals surface area contributed by atoms with Crippen LogP contribution in [0.5, 0.6) is 0 Å². The molecule has 1 aromatic rings. The SMILES string of the molecule is CN(Cc1ccc(C(=O)O)cc1Br)CC1CC(O)C1. The fourth-order valence-corrected chi connectivity index (χ4v) is 2.96. The Bertz CT molecular complexity index is 472. The van der Waals surface area contributed by atoms with Crippen LogP contribution in [-0.4, -0.2) is 40.8 Å². The zero-order valence-corrected chi connectivity index (χ0v) is 12.4. The van der Waals surface area contributed by atoms with E-state index in [2.05, 4.69) is 20.8 Å². The summed E-state index contributed by atoms with van der Waals surface area (Å²) in [6, 6.07) is 5.11. The van der Waals surface area contributed by atoms with Gasteiger partial charge in [0.25, 0.3) is 0 Å². The molecule has 1 aliphatic carbocycles. The molecule has 0 radical (unpaired) electrons. The maximum atomic E-state index is 10.9. The number of nitrogens with zero attached hydrogens (tertiary/aromatic N) is 1. The van der Waals surface area contributed by atoms with Crippen molar-refractivity contribution in [2.24, 2.45) is 5.92 Å². The number of benzene rings is 1. The number of carboxylic acids is 1. The predicted octanol–water partition coefficient (Wildman–Crippen LogP) is 2.35. The Morgan fingerprint density at radius 2 is 2.16 bits per heavy atom. The van der Waals surface area contributed by atoms with Crippen LogP contribution in [0.2, 0.25) is 0 Å². The monoisotopic (exact) mass is 327 g/mol. The molecule has 5 heteroatoms. The zero-order valence-electron chi connectivity index (χ0n) is 10.8. The lowest BCUT2D eigenvalue weighted by Crippen LogP contribution is -2.36. The van der Waals surface area contributed by atoms with Crippen molar-refractivity contribution in [3.05, 3.63) is 33.8 Å². The molecule has 1 aromatic carbocycles. The average molecular weight is 328 g/mol. The highest BCUT2D eigenvalue weighted by Gasteiger charge is 2.27. The second kappa shape index (κ2) is 6.03. The largest absolute Gasteiger partial charge is 0.478 e. The average Bonchev–Trinajstić information content (AvgIpc) is 2.29. The smallest absolute Gasteiger partial charge is 0.335 e. The van der Waals surface area contributed by atoms with Crippen LogP contribution in [0.3, 0.4) is 0 Å². The van der Waals surface area contributed by atoms with Gasteiger partial charge in [-0.05, 0) is 43.5 Å². The van der Waals surface area contributed by atoms with E-state index < -0.39 is 5.97 Å². The Kier molecular flexibility index (Phi) is 4.60. The number of rotatable bonds is 5. The van der Waals surface area contributed by atoms with Crippen LogP contribution in [0.1, 0.15) is 28.8 Å². The molecule has 0 bridgehead atoms. The fourth-order valence-electron chi connectivity index (χ4n) is 2.45. The molecule has 1 aliphatic rings. The maximum absolute atomic E-state index is 10.9. The number of halogens is 1. The molecule has 0 saturated heterocycles. The summed E-state index contributed by atoms with van der Waals surface area (Å²) in [4.78, 5) is 13.1. The summed E-state index contributed by atoms with van der Waals surface area (Å²) < 4.78 is 0.827. The first-order chi connectivity index (χ1) is 8.95. The van der Waals surface area contributed by atoms with Gasteiger partial charge in [-0.15, -0.1) is 0 Å². The van der Waals surface area contributed by atoms with E-state index in [-0.39, 0.29) is 6.10 Å². The molecule has 0 atom stereocenters. The second-order valence-corrected chi connectivity index (χ2v) is 6.15. The van der Waals surface area contributed by atoms with E-state index >= 15 is 0 Å². The first-order valence-corrected chi connectivity index (χ1v) is 7.13. The quantitative estimate of drug-likeness (QED) is 0.871. The lowest BCUT2D eigenvalue weighted by molar-refractivity contribution is 0.0273. The van der Waals surface area contributed by atoms with Crippen LogP contribution in [-0.2, 0) is 6.54 Å². The summed E-state index contributed by atoms with van der Waals surface area (Å²) in [7, 11) is 2.04. The summed E-state index contributed by atoms with van der Waals surface area (Å²) >= 11 is 3.42. The third-order valence-electron chi connectivity index (χ3n) is 3.52. The highest BCUT2D eigenvalue weighted by molar-refractivity contribution is 9.10. The minimum absolute atomic E-state index is 0.111. The van der Waals surface area contributed by atoms with Gasteiger partial charge in [-0.25, -0.2) is 4.79 Å². The summed E-state index contributed by atoms with van der Waals surface area (Å²) in [6.07, 6.45) is 1.67. The van der Waals surface area contributed by atoms with Gasteiger partial charge in [-0.1, -0.05) is 22.0 Å². The van der Waals surface area contributed by atoms with E-state index in [0.29, 0.717) is 11.5 Å². The number of hydrogen-bond donors (Lipinski definition) is 2. The molecule has 0 amide bonds. The fraction of sp³-hybridized carbons (Fsp3) is 0.500. The van der Waals surface area contributed by atoms with E-state index in [1.54, 1.807) is 12.1 Å². The minimum Gasteiger partial charge on any atom is -0.478 e. The van der Waals surface area contributed by atoms with Crippen molar-refractivity contribution in [3.8, 4) is 0 Å². The van der Waals surface area contributed by atoms with Crippen molar-refractivity contribution in [3.63, 3.8) is 0 Å². The molecule has 19 heavy (non-hydrogen) atoms. The molecule has 4 nitrogen and oxygen atoms in total. The molecule has 1 saturated carbocycles. The van der Waals surface area contributed by atoms with Crippen molar-refractivity contribution in [2.45, 2.75) is 25.5 Å². The second-order valence-electron chi connectivity index (χ2n) is 5.30. The lowest BCUT2D eigenvalue weighted by Gasteiger charge is -2.34. The van der Waals surface area contributed by atoms with Gasteiger partial charge < -0.3 is 15.1 Å². The van der Waals surface area contributed by atoms with Crippen molar-refractivity contribution in [1.82, 2.24) is 4.90 Å². The van der Waals surface area contributed by atoms with Crippen molar-refractivity contribution in [2.75, 3.05) is 13.6 Å². The minimum atomic E-state index is -0.913. The lowest BCUT2D eigenvalue weighted by atomic mass is 9.82. The van der Waals surface area contributed by atoms with E-state index in [0.717, 1.165) is 36.0 Å². The van der Waals surface area contributed by atoms with E-state index in [1.165, 1.54) is 0 Å². The number of aliphatic hydroxyl groups excluding tert-OH is 1. The number of carboxylic acid groups (broad SMARTS) is 1. The van der Waals surface area contributed by atoms with Crippen molar-refractivity contribution < 1.29 is 15.0 Å². The highest BCUT2D eigenvalue weighted by atomic mass is 79.9. The first-order valence-electron chi connectivity index (χ1n) is 6.34. The molecule has 0 unspecified atom stereocenters. The molecule has 0 spiro atoms. The van der Waals surface area contributed by atoms with Crippen LogP contribution < -0.4 is 0 Å². The molecule has 0 aromatic heterocycles. The third kappa shape index (κ3) is 3.78. The standard InChI is InChI=1S/C14H18BrNO3/c1-16(7-9-4-12(17)5-9)8-11-3-2-10(14(18)19)6-13(11)15/h2-3,6,9,12,17H,4-5,7-8H2,1H3,(H,18,19). The van der Waals surface area contributed by atoms with Crippen LogP contribution >= 0.6 is 15.9 Å². The van der Waals surface area contributed by atoms with E-state index in [1.807, 2.05) is 13.1 Å². The van der Waals surface area contributed by atoms with Crippen LogP contribution in [0.25, 0.3) is 0 Å². The third-order valence-corrected chi connectivity index (χ3v) is 4.26. The molecule has 0 aliphatic heterocycles. The Balaban J connectivity index is 1.93. The van der Waals surface area contributed by atoms with Gasteiger partial charge in [-0.2, -0.15) is 0 Å². The van der Waals surface area contributed by atoms with Crippen LogP contribution in [0.15, 0.2) is 22.7 Å². The summed E-state index contributed by atoms with van der Waals surface area (Å²) in [5.74, 6) is -0.332. The van der Waals surface area contributed by atoms with Crippen molar-refractivity contribution >= 4 is 21.9 Å². The topological polar surface area (TPSA) is 60.8 Å². The Morgan fingerprint density at radius 1 is 1.47 bits per heavy atom. The van der Waals surface area contributed by atoms with Gasteiger partial charge in [0, 0.05) is 17.6 Å². The number of carbonyl (C=O) groups is 1. The van der Waals surface area contributed by atoms with Crippen molar-refractivity contribution in [1.29, 1.82) is 0 Å². The number of hydrogen-bond acceptors (Lipinski definition) is 3. The number of aliphatic hydroxyl groups is 1. The van der Waals surface area contributed by atoms with Gasteiger partial charge in [0.1, 0.15) is 0 Å². The van der Waals surface area contributed by atoms with Crippen LogP contribution in [0.4, 0.5) is 0 Å². The van der Waals surface area contributed by atoms with Gasteiger partial charge in [0.15, 0.2) is 0 Å². The first kappa shape index (κ1) is 14.5. The van der Waals surface area contributed by atoms with Crippen LogP contribution in [0, 0.1) is 5.92 Å². The molecule has 0 heterocycles. The Hall–Kier alpha value is -0.910. The number of aromatic carboxylic acids is 1. The summed E-state index contributed by atoms with van der Waals surface area (Å²) in [5, 5.41) is 18.2. The van der Waals surface area contributed by atoms with Gasteiger partial charge >= 0.3 is 5.97 Å². The van der Waals surface area contributed by atoms with Gasteiger partial charge in [-0.3, -0.25) is 0 Å². The zero-order chi connectivity index (χ0) is 14.0. The molecular weight excluding hydrogens is 310 g/mol. The van der Waals surface area contributed by atoms with E-state index in [4.69, 9.17) is 5.11 Å². The summed E-state index contributed by atoms with van der Waals surface area (Å²) in [5.41, 5.74) is 1.37. The summed E-state index contributed by atoms with van der Waals surface area (Å²) in [6.45, 7) is 1.73. The molecule has 2 rings (SSSR count). The Labute approximate surface area is 121 Å². The predicted molar refractivity (Wildman–Crippen MR) is 76.2 cm³/mol. The molecular formula is C14H18BrNO3. The van der Waals surface area contributed by atoms with Gasteiger partial charge in [0.05, 0.1) is 11.7 Å². The molecule has 104 valence electrons. The molecule has 1 fully saturated rings. The maximum Gasteiger partial charge on any atom is 0.335 e. The Morgan fingerprint density at radius 3 is 2.68 bits per heavy atom. The highest BCUT2D eigenvalue weighted by Crippen LogP contribution is 2.28. The van der Waals surface area contributed by atoms with E-state index in [9.17, 15) is 9.90 Å².